The van der Waals surface area contributed by atoms with Gasteiger partial charge in [-0.2, -0.15) is 0 Å². The highest BCUT2D eigenvalue weighted by atomic mass is 16.1. The average molecular weight is 213 g/mol. The fraction of sp³-hybridized carbons (Fsp3) is 0. The highest BCUT2D eigenvalue weighted by molar-refractivity contribution is 6.00. The largest absolute Gasteiger partial charge is 0.383 e. The molecule has 4 N–H and O–H groups in total. The van der Waals surface area contributed by atoms with Crippen molar-refractivity contribution in [2.75, 3.05) is 5.73 Å². The number of hydrogen-bond acceptors (Lipinski definition) is 3. The first kappa shape index (κ1) is 10.2. The third-order valence-electron chi connectivity index (χ3n) is 2.32. The van der Waals surface area contributed by atoms with E-state index < -0.39 is 5.91 Å². The highest BCUT2D eigenvalue weighted by Crippen LogP contribution is 2.26. The van der Waals surface area contributed by atoms with Crippen LogP contribution in [0, 0.1) is 0 Å². The molecule has 0 saturated carbocycles. The van der Waals surface area contributed by atoms with Crippen molar-refractivity contribution in [3.05, 3.63) is 48.2 Å². The summed E-state index contributed by atoms with van der Waals surface area (Å²) in [5.74, 6) is -0.0879. The van der Waals surface area contributed by atoms with E-state index in [1.165, 1.54) is 0 Å². The molecule has 2 aromatic rings. The lowest BCUT2D eigenvalue weighted by Gasteiger charge is -2.08. The molecule has 16 heavy (non-hydrogen) atoms. The zero-order valence-electron chi connectivity index (χ0n) is 8.55. The Labute approximate surface area is 92.9 Å². The minimum absolute atomic E-state index is 0.385. The SMILES string of the molecule is NC(=O)c1ccccc1-c1cccnc1N. The minimum atomic E-state index is -0.473. The van der Waals surface area contributed by atoms with Gasteiger partial charge in [0.15, 0.2) is 0 Å². The summed E-state index contributed by atoms with van der Waals surface area (Å²) in [5.41, 5.74) is 12.9. The maximum absolute atomic E-state index is 11.3. The Balaban J connectivity index is 2.65. The first-order valence-corrected chi connectivity index (χ1v) is 4.80. The number of aromatic nitrogens is 1. The van der Waals surface area contributed by atoms with E-state index in [9.17, 15) is 4.79 Å². The summed E-state index contributed by atoms with van der Waals surface area (Å²) in [6.07, 6.45) is 1.60. The van der Waals surface area contributed by atoms with Crippen LogP contribution in [-0.2, 0) is 0 Å². The molecular weight excluding hydrogens is 202 g/mol. The fourth-order valence-corrected chi connectivity index (χ4v) is 1.58. The summed E-state index contributed by atoms with van der Waals surface area (Å²) < 4.78 is 0. The van der Waals surface area contributed by atoms with E-state index >= 15 is 0 Å². The Morgan fingerprint density at radius 1 is 1.06 bits per heavy atom. The normalized spacial score (nSPS) is 10.0. The van der Waals surface area contributed by atoms with Crippen LogP contribution in [0.2, 0.25) is 0 Å². The number of amides is 1. The van der Waals surface area contributed by atoms with E-state index in [4.69, 9.17) is 11.5 Å². The van der Waals surface area contributed by atoms with Crippen LogP contribution in [0.25, 0.3) is 11.1 Å². The van der Waals surface area contributed by atoms with Crippen LogP contribution in [0.1, 0.15) is 10.4 Å². The molecule has 0 aliphatic heterocycles. The highest BCUT2D eigenvalue weighted by Gasteiger charge is 2.11. The molecule has 0 radical (unpaired) electrons. The van der Waals surface area contributed by atoms with E-state index in [0.29, 0.717) is 16.9 Å². The van der Waals surface area contributed by atoms with Crippen molar-refractivity contribution in [1.29, 1.82) is 0 Å². The summed E-state index contributed by atoms with van der Waals surface area (Å²) in [7, 11) is 0. The van der Waals surface area contributed by atoms with Crippen molar-refractivity contribution in [3.63, 3.8) is 0 Å². The zero-order chi connectivity index (χ0) is 11.5. The van der Waals surface area contributed by atoms with Gasteiger partial charge in [-0.3, -0.25) is 4.79 Å². The first-order valence-electron chi connectivity index (χ1n) is 4.80. The van der Waals surface area contributed by atoms with Gasteiger partial charge in [0.05, 0.1) is 0 Å². The molecule has 0 spiro atoms. The monoisotopic (exact) mass is 213 g/mol. The second-order valence-corrected chi connectivity index (χ2v) is 3.35. The number of carbonyl (C=O) groups is 1. The average Bonchev–Trinajstić information content (AvgIpc) is 2.29. The minimum Gasteiger partial charge on any atom is -0.383 e. The van der Waals surface area contributed by atoms with Crippen LogP contribution in [-0.4, -0.2) is 10.9 Å². The Hall–Kier alpha value is -2.36. The molecule has 1 amide bonds. The molecule has 0 atom stereocenters. The smallest absolute Gasteiger partial charge is 0.249 e. The number of carbonyl (C=O) groups excluding carboxylic acids is 1. The quantitative estimate of drug-likeness (QED) is 0.791. The molecule has 0 fully saturated rings. The van der Waals surface area contributed by atoms with E-state index in [-0.39, 0.29) is 0 Å². The molecule has 0 aliphatic rings. The van der Waals surface area contributed by atoms with Crippen LogP contribution in [0.3, 0.4) is 0 Å². The second-order valence-electron chi connectivity index (χ2n) is 3.35. The van der Waals surface area contributed by atoms with Gasteiger partial charge >= 0.3 is 0 Å². The lowest BCUT2D eigenvalue weighted by molar-refractivity contribution is 0.100. The predicted octanol–water partition coefficient (Wildman–Crippen LogP) is 1.43. The second kappa shape index (κ2) is 4.02. The van der Waals surface area contributed by atoms with Crippen molar-refractivity contribution in [2.45, 2.75) is 0 Å². The molecule has 80 valence electrons. The molecule has 4 nitrogen and oxygen atoms in total. The van der Waals surface area contributed by atoms with Gasteiger partial charge in [0.1, 0.15) is 5.82 Å². The predicted molar refractivity (Wildman–Crippen MR) is 62.6 cm³/mol. The van der Waals surface area contributed by atoms with E-state index in [1.54, 1.807) is 30.5 Å². The Kier molecular flexibility index (Phi) is 2.55. The number of nitrogens with zero attached hydrogens (tertiary/aromatic N) is 1. The van der Waals surface area contributed by atoms with Crippen molar-refractivity contribution < 1.29 is 4.79 Å². The van der Waals surface area contributed by atoms with E-state index in [2.05, 4.69) is 4.98 Å². The summed E-state index contributed by atoms with van der Waals surface area (Å²) >= 11 is 0. The molecule has 0 bridgehead atoms. The third kappa shape index (κ3) is 1.72. The van der Waals surface area contributed by atoms with Crippen LogP contribution in [0.5, 0.6) is 0 Å². The number of nitrogen functional groups attached to an aromatic ring is 1. The maximum atomic E-state index is 11.3. The molecule has 4 heteroatoms. The summed E-state index contributed by atoms with van der Waals surface area (Å²) in [4.78, 5) is 15.2. The maximum Gasteiger partial charge on any atom is 0.249 e. The Morgan fingerprint density at radius 2 is 1.75 bits per heavy atom. The number of anilines is 1. The van der Waals surface area contributed by atoms with Crippen LogP contribution in [0.4, 0.5) is 5.82 Å². The Bertz CT molecular complexity index is 537. The number of nitrogens with two attached hydrogens (primary N) is 2. The van der Waals surface area contributed by atoms with Gasteiger partial charge in [-0.25, -0.2) is 4.98 Å². The van der Waals surface area contributed by atoms with Crippen LogP contribution in [0.15, 0.2) is 42.6 Å². The number of rotatable bonds is 2. The number of pyridine rings is 1. The lowest BCUT2D eigenvalue weighted by atomic mass is 10.00. The van der Waals surface area contributed by atoms with Gasteiger partial charge in [-0.15, -0.1) is 0 Å². The van der Waals surface area contributed by atoms with Gasteiger partial charge in [-0.05, 0) is 23.8 Å². The molecule has 0 saturated heterocycles. The van der Waals surface area contributed by atoms with Crippen molar-refractivity contribution in [1.82, 2.24) is 4.98 Å². The van der Waals surface area contributed by atoms with Crippen LogP contribution < -0.4 is 11.5 Å². The third-order valence-corrected chi connectivity index (χ3v) is 2.32. The summed E-state index contributed by atoms with van der Waals surface area (Å²) in [6, 6.07) is 10.6. The number of primary amides is 1. The van der Waals surface area contributed by atoms with Gasteiger partial charge in [0.25, 0.3) is 0 Å². The molecule has 1 aromatic carbocycles. The topological polar surface area (TPSA) is 82.0 Å². The van der Waals surface area contributed by atoms with Gasteiger partial charge < -0.3 is 11.5 Å². The standard InChI is InChI=1S/C12H11N3O/c13-11-9(6-3-7-15-11)8-4-1-2-5-10(8)12(14)16/h1-7H,(H2,13,15)(H2,14,16). The van der Waals surface area contributed by atoms with Gasteiger partial charge in [0, 0.05) is 17.3 Å². The molecule has 2 rings (SSSR count). The molecular formula is C12H11N3O. The molecule has 0 unspecified atom stereocenters. The van der Waals surface area contributed by atoms with E-state index in [0.717, 1.165) is 5.56 Å². The zero-order valence-corrected chi connectivity index (χ0v) is 8.55. The molecule has 1 heterocycles. The van der Waals surface area contributed by atoms with Gasteiger partial charge in [0.2, 0.25) is 5.91 Å². The van der Waals surface area contributed by atoms with Gasteiger partial charge in [-0.1, -0.05) is 18.2 Å². The summed E-state index contributed by atoms with van der Waals surface area (Å²) in [5, 5.41) is 0. The van der Waals surface area contributed by atoms with E-state index in [1.807, 2.05) is 12.1 Å². The van der Waals surface area contributed by atoms with Crippen LogP contribution >= 0.6 is 0 Å². The number of hydrogen-bond donors (Lipinski definition) is 2. The lowest BCUT2D eigenvalue weighted by Crippen LogP contribution is -2.12. The van der Waals surface area contributed by atoms with Crippen molar-refractivity contribution in [2.24, 2.45) is 5.73 Å². The molecule has 0 aliphatic carbocycles. The fourth-order valence-electron chi connectivity index (χ4n) is 1.58. The first-order chi connectivity index (χ1) is 7.70. The number of benzene rings is 1. The van der Waals surface area contributed by atoms with Crippen molar-refractivity contribution in [3.8, 4) is 11.1 Å². The molecule has 1 aromatic heterocycles. The summed E-state index contributed by atoms with van der Waals surface area (Å²) in [6.45, 7) is 0. The van der Waals surface area contributed by atoms with Crippen molar-refractivity contribution >= 4 is 11.7 Å². The Morgan fingerprint density at radius 3 is 2.44 bits per heavy atom.